The molecule has 0 unspecified atom stereocenters. The van der Waals surface area contributed by atoms with E-state index in [-0.39, 0.29) is 17.7 Å². The second-order valence-electron chi connectivity index (χ2n) is 1.58. The number of imide groups is 1. The van der Waals surface area contributed by atoms with E-state index < -0.39 is 0 Å². The van der Waals surface area contributed by atoms with Crippen molar-refractivity contribution in [2.45, 2.75) is 0 Å². The van der Waals surface area contributed by atoms with E-state index in [2.05, 4.69) is 12.6 Å². The van der Waals surface area contributed by atoms with Gasteiger partial charge in [-0.25, -0.2) is 0 Å². The molecule has 48 valence electrons. The van der Waals surface area contributed by atoms with Crippen LogP contribution in [0.3, 0.4) is 0 Å². The number of nitrogens with zero attached hydrogens (tertiary/aromatic N) is 1. The fraction of sp³-hybridized carbons (Fsp3) is 0.200. The van der Waals surface area contributed by atoms with Crippen molar-refractivity contribution < 1.29 is 9.59 Å². The highest BCUT2D eigenvalue weighted by molar-refractivity contribution is 7.80. The van der Waals surface area contributed by atoms with Crippen molar-refractivity contribution in [3.8, 4) is 0 Å². The van der Waals surface area contributed by atoms with E-state index in [1.54, 1.807) is 0 Å². The molecule has 2 amide bonds. The first-order chi connectivity index (χ1) is 4.25. The molecule has 0 aromatic carbocycles. The minimum absolute atomic E-state index is 0.157. The van der Waals surface area contributed by atoms with Gasteiger partial charge in [0, 0.05) is 12.2 Å². The van der Waals surface area contributed by atoms with Crippen LogP contribution in [0, 0.1) is 0 Å². The number of hydrogen-bond donors (Lipinski definition) is 1. The number of rotatable bonds is 1. The van der Waals surface area contributed by atoms with Crippen molar-refractivity contribution in [1.82, 2.24) is 4.90 Å². The Balaban J connectivity index is 2.75. The van der Waals surface area contributed by atoms with Gasteiger partial charge in [0.15, 0.2) is 0 Å². The van der Waals surface area contributed by atoms with Crippen molar-refractivity contribution in [3.63, 3.8) is 0 Å². The van der Waals surface area contributed by atoms with Crippen LogP contribution in [-0.4, -0.2) is 22.6 Å². The van der Waals surface area contributed by atoms with Crippen LogP contribution >= 0.6 is 12.6 Å². The van der Waals surface area contributed by atoms with Gasteiger partial charge in [0.05, 0.1) is 5.88 Å². The maximum Gasteiger partial charge on any atom is 0.254 e. The molecule has 0 atom stereocenters. The molecule has 0 fully saturated rings. The number of thiol groups is 1. The van der Waals surface area contributed by atoms with Gasteiger partial charge < -0.3 is 0 Å². The Morgan fingerprint density at radius 3 is 2.00 bits per heavy atom. The van der Waals surface area contributed by atoms with Crippen molar-refractivity contribution in [3.05, 3.63) is 12.2 Å². The van der Waals surface area contributed by atoms with Crippen LogP contribution in [0.4, 0.5) is 0 Å². The SMILES string of the molecule is O=C1C=CC(=O)N1CS. The molecule has 9 heavy (non-hydrogen) atoms. The molecule has 0 saturated carbocycles. The summed E-state index contributed by atoms with van der Waals surface area (Å²) in [5.74, 6) is -0.407. The van der Waals surface area contributed by atoms with Gasteiger partial charge in [-0.3, -0.25) is 14.5 Å². The second kappa shape index (κ2) is 2.23. The van der Waals surface area contributed by atoms with Crippen molar-refractivity contribution in [2.75, 3.05) is 5.88 Å². The first-order valence-corrected chi connectivity index (χ1v) is 3.03. The molecule has 0 saturated heterocycles. The van der Waals surface area contributed by atoms with E-state index in [4.69, 9.17) is 0 Å². The third-order valence-corrected chi connectivity index (χ3v) is 1.32. The average Bonchev–Trinajstić information content (AvgIpc) is 2.12. The lowest BCUT2D eigenvalue weighted by Crippen LogP contribution is -2.28. The summed E-state index contributed by atoms with van der Waals surface area (Å²) in [5, 5.41) is 0. The molecule has 1 rings (SSSR count). The van der Waals surface area contributed by atoms with Gasteiger partial charge in [0.2, 0.25) is 0 Å². The predicted molar refractivity (Wildman–Crippen MR) is 34.8 cm³/mol. The highest BCUT2D eigenvalue weighted by Crippen LogP contribution is 2.02. The van der Waals surface area contributed by atoms with Crippen molar-refractivity contribution in [2.24, 2.45) is 0 Å². The van der Waals surface area contributed by atoms with E-state index in [1.165, 1.54) is 12.2 Å². The predicted octanol–water partition coefficient (Wildman–Crippen LogP) is -0.201. The summed E-state index contributed by atoms with van der Waals surface area (Å²) >= 11 is 3.78. The van der Waals surface area contributed by atoms with E-state index in [0.29, 0.717) is 0 Å². The fourth-order valence-electron chi connectivity index (χ4n) is 0.571. The first kappa shape index (κ1) is 6.35. The summed E-state index contributed by atoms with van der Waals surface area (Å²) < 4.78 is 0. The van der Waals surface area contributed by atoms with Crippen LogP contribution in [0.2, 0.25) is 0 Å². The molecule has 1 aliphatic rings. The third kappa shape index (κ3) is 0.977. The Labute approximate surface area is 57.7 Å². The number of amides is 2. The first-order valence-electron chi connectivity index (χ1n) is 2.40. The lowest BCUT2D eigenvalue weighted by Gasteiger charge is -2.07. The van der Waals surface area contributed by atoms with Crippen molar-refractivity contribution in [1.29, 1.82) is 0 Å². The molecular formula is C5H5NO2S. The number of carbonyl (C=O) groups is 2. The largest absolute Gasteiger partial charge is 0.269 e. The second-order valence-corrected chi connectivity index (χ2v) is 1.86. The Morgan fingerprint density at radius 1 is 1.33 bits per heavy atom. The smallest absolute Gasteiger partial charge is 0.254 e. The Kier molecular flexibility index (Phi) is 1.57. The summed E-state index contributed by atoms with van der Waals surface area (Å²) in [5.41, 5.74) is 0. The highest BCUT2D eigenvalue weighted by Gasteiger charge is 2.20. The van der Waals surface area contributed by atoms with Gasteiger partial charge in [-0.2, -0.15) is 12.6 Å². The maximum absolute atomic E-state index is 10.6. The molecule has 0 spiro atoms. The lowest BCUT2D eigenvalue weighted by molar-refractivity contribution is -0.135. The van der Waals surface area contributed by atoms with Crippen LogP contribution in [-0.2, 0) is 9.59 Å². The van der Waals surface area contributed by atoms with Gasteiger partial charge >= 0.3 is 0 Å². The highest BCUT2D eigenvalue weighted by atomic mass is 32.1. The zero-order chi connectivity index (χ0) is 6.85. The zero-order valence-corrected chi connectivity index (χ0v) is 5.47. The Hall–Kier alpha value is -0.770. The van der Waals surface area contributed by atoms with Crippen LogP contribution in [0.25, 0.3) is 0 Å². The summed E-state index contributed by atoms with van der Waals surface area (Å²) in [7, 11) is 0. The van der Waals surface area contributed by atoms with Crippen LogP contribution in [0.5, 0.6) is 0 Å². The van der Waals surface area contributed by atoms with Gasteiger partial charge in [-0.15, -0.1) is 0 Å². The maximum atomic E-state index is 10.6. The van der Waals surface area contributed by atoms with Gasteiger partial charge in [-0.1, -0.05) is 0 Å². The summed E-state index contributed by atoms with van der Waals surface area (Å²) in [4.78, 5) is 22.2. The standard InChI is InChI=1S/C5H5NO2S/c7-4-1-2-5(8)6(4)3-9/h1-2,9H,3H2. The van der Waals surface area contributed by atoms with Gasteiger partial charge in [-0.05, 0) is 0 Å². The van der Waals surface area contributed by atoms with E-state index in [1.807, 2.05) is 0 Å². The molecule has 0 aromatic rings. The van der Waals surface area contributed by atoms with E-state index in [9.17, 15) is 9.59 Å². The molecule has 0 aromatic heterocycles. The summed E-state index contributed by atoms with van der Waals surface area (Å²) in [6, 6.07) is 0. The topological polar surface area (TPSA) is 37.4 Å². The normalized spacial score (nSPS) is 17.7. The molecule has 1 heterocycles. The Morgan fingerprint density at radius 2 is 1.78 bits per heavy atom. The zero-order valence-electron chi connectivity index (χ0n) is 4.57. The van der Waals surface area contributed by atoms with Gasteiger partial charge in [0.25, 0.3) is 11.8 Å². The fourth-order valence-corrected chi connectivity index (χ4v) is 0.849. The molecule has 3 nitrogen and oxygen atoms in total. The molecule has 4 heteroatoms. The molecular weight excluding hydrogens is 138 g/mol. The summed E-state index contributed by atoms with van der Waals surface area (Å²) in [6.07, 6.45) is 2.47. The van der Waals surface area contributed by atoms with Crippen LogP contribution in [0.15, 0.2) is 12.2 Å². The van der Waals surface area contributed by atoms with Crippen LogP contribution in [0.1, 0.15) is 0 Å². The molecule has 0 bridgehead atoms. The van der Waals surface area contributed by atoms with Crippen LogP contribution < -0.4 is 0 Å². The number of hydrogen-bond acceptors (Lipinski definition) is 3. The number of carbonyl (C=O) groups excluding carboxylic acids is 2. The molecule has 0 radical (unpaired) electrons. The van der Waals surface area contributed by atoms with Gasteiger partial charge in [0.1, 0.15) is 0 Å². The average molecular weight is 143 g/mol. The van der Waals surface area contributed by atoms with E-state index in [0.717, 1.165) is 4.90 Å². The minimum atomic E-state index is -0.282. The molecule has 1 aliphatic heterocycles. The molecule has 0 N–H and O–H groups in total. The van der Waals surface area contributed by atoms with Crippen molar-refractivity contribution >= 4 is 24.4 Å². The monoisotopic (exact) mass is 143 g/mol. The minimum Gasteiger partial charge on any atom is -0.269 e. The molecule has 0 aliphatic carbocycles. The Bertz CT molecular complexity index is 169. The quantitative estimate of drug-likeness (QED) is 0.407. The third-order valence-electron chi connectivity index (χ3n) is 1.04. The van der Waals surface area contributed by atoms with E-state index >= 15 is 0 Å². The summed E-state index contributed by atoms with van der Waals surface area (Å²) in [6.45, 7) is 0. The lowest BCUT2D eigenvalue weighted by atomic mass is 10.6.